The molecule has 3 rings (SSSR count). The summed E-state index contributed by atoms with van der Waals surface area (Å²) in [6, 6.07) is 0.710. The molecule has 1 atom stereocenters. The second kappa shape index (κ2) is 6.15. The molecule has 1 saturated heterocycles. The summed E-state index contributed by atoms with van der Waals surface area (Å²) in [5.74, 6) is 2.00. The zero-order valence-corrected chi connectivity index (χ0v) is 13.6. The van der Waals surface area contributed by atoms with E-state index in [2.05, 4.69) is 14.1 Å². The number of nitrogens with zero attached hydrogens (tertiary/aromatic N) is 1. The van der Waals surface area contributed by atoms with Crippen LogP contribution < -0.4 is 0 Å². The zero-order valence-electron chi connectivity index (χ0n) is 13.6. The SMILES string of the molecule is C[N+](C)(CC1COC(=O)O1)C1CCC(C2CCCC2)CC1. The highest BCUT2D eigenvalue weighted by Crippen LogP contribution is 2.41. The van der Waals surface area contributed by atoms with E-state index in [9.17, 15) is 4.79 Å². The van der Waals surface area contributed by atoms with E-state index in [0.717, 1.165) is 22.9 Å². The third-order valence-electron chi connectivity index (χ3n) is 6.12. The maximum absolute atomic E-state index is 11.1. The lowest BCUT2D eigenvalue weighted by Gasteiger charge is -2.43. The lowest BCUT2D eigenvalue weighted by Crippen LogP contribution is -2.54. The molecular formula is C17H30NO3+. The van der Waals surface area contributed by atoms with Gasteiger partial charge >= 0.3 is 6.16 Å². The second-order valence-corrected chi connectivity index (χ2v) is 7.88. The maximum Gasteiger partial charge on any atom is 0.509 e. The van der Waals surface area contributed by atoms with Gasteiger partial charge in [-0.3, -0.25) is 0 Å². The smallest absolute Gasteiger partial charge is 0.430 e. The highest BCUT2D eigenvalue weighted by molar-refractivity contribution is 5.61. The van der Waals surface area contributed by atoms with Crippen LogP contribution in [0.15, 0.2) is 0 Å². The quantitative estimate of drug-likeness (QED) is 0.589. The van der Waals surface area contributed by atoms with E-state index in [4.69, 9.17) is 9.47 Å². The van der Waals surface area contributed by atoms with Gasteiger partial charge in [0, 0.05) is 0 Å². The molecule has 1 aliphatic heterocycles. The van der Waals surface area contributed by atoms with E-state index in [1.807, 2.05) is 0 Å². The first-order valence-electron chi connectivity index (χ1n) is 8.70. The van der Waals surface area contributed by atoms with Crippen molar-refractivity contribution in [3.8, 4) is 0 Å². The van der Waals surface area contributed by atoms with E-state index in [-0.39, 0.29) is 6.10 Å². The van der Waals surface area contributed by atoms with Crippen molar-refractivity contribution in [2.75, 3.05) is 27.2 Å². The molecule has 0 amide bonds. The Morgan fingerprint density at radius 3 is 2.19 bits per heavy atom. The minimum absolute atomic E-state index is 0.0555. The second-order valence-electron chi connectivity index (χ2n) is 7.88. The first-order chi connectivity index (χ1) is 10.0. The number of ether oxygens (including phenoxy) is 2. The summed E-state index contributed by atoms with van der Waals surface area (Å²) in [5.41, 5.74) is 0. The largest absolute Gasteiger partial charge is 0.509 e. The third kappa shape index (κ3) is 3.53. The van der Waals surface area contributed by atoms with Crippen molar-refractivity contribution in [3.63, 3.8) is 0 Å². The molecule has 3 aliphatic rings. The average Bonchev–Trinajstić information content (AvgIpc) is 3.10. The molecule has 4 nitrogen and oxygen atoms in total. The zero-order chi connectivity index (χ0) is 14.9. The van der Waals surface area contributed by atoms with Gasteiger partial charge in [0.15, 0.2) is 6.10 Å². The Labute approximate surface area is 128 Å². The van der Waals surface area contributed by atoms with Crippen LogP contribution in [0.5, 0.6) is 0 Å². The van der Waals surface area contributed by atoms with E-state index in [1.54, 1.807) is 0 Å². The highest BCUT2D eigenvalue weighted by atomic mass is 16.8. The van der Waals surface area contributed by atoms with Crippen molar-refractivity contribution < 1.29 is 18.8 Å². The Morgan fingerprint density at radius 2 is 1.62 bits per heavy atom. The number of hydrogen-bond acceptors (Lipinski definition) is 3. The summed E-state index contributed by atoms with van der Waals surface area (Å²) in [4.78, 5) is 11.1. The fourth-order valence-corrected chi connectivity index (χ4v) is 4.83. The summed E-state index contributed by atoms with van der Waals surface area (Å²) in [5, 5.41) is 0. The molecule has 0 aromatic carbocycles. The maximum atomic E-state index is 11.1. The summed E-state index contributed by atoms with van der Waals surface area (Å²) < 4.78 is 11.1. The molecule has 0 spiro atoms. The molecule has 0 aromatic rings. The number of likely N-dealkylation sites (N-methyl/N-ethyl adjacent to an activating group) is 1. The van der Waals surface area contributed by atoms with Crippen molar-refractivity contribution in [3.05, 3.63) is 0 Å². The molecule has 21 heavy (non-hydrogen) atoms. The number of cyclic esters (lactones) is 2. The van der Waals surface area contributed by atoms with Gasteiger partial charge in [-0.2, -0.15) is 0 Å². The average molecular weight is 296 g/mol. The van der Waals surface area contributed by atoms with Gasteiger partial charge in [-0.05, 0) is 37.5 Å². The first-order valence-corrected chi connectivity index (χ1v) is 8.70. The number of rotatable bonds is 4. The molecule has 1 unspecified atom stereocenters. The number of carbonyl (C=O) groups is 1. The predicted octanol–water partition coefficient (Wildman–Crippen LogP) is 3.35. The van der Waals surface area contributed by atoms with Crippen LogP contribution >= 0.6 is 0 Å². The molecule has 0 N–H and O–H groups in total. The van der Waals surface area contributed by atoms with Crippen molar-refractivity contribution in [2.45, 2.75) is 63.5 Å². The molecule has 2 saturated carbocycles. The van der Waals surface area contributed by atoms with Crippen LogP contribution in [-0.2, 0) is 9.47 Å². The molecule has 4 heteroatoms. The molecule has 1 heterocycles. The van der Waals surface area contributed by atoms with Crippen molar-refractivity contribution in [1.82, 2.24) is 0 Å². The Balaban J connectivity index is 1.49. The Morgan fingerprint density at radius 1 is 1.00 bits per heavy atom. The molecular weight excluding hydrogens is 266 g/mol. The number of carbonyl (C=O) groups excluding carboxylic acids is 1. The lowest BCUT2D eigenvalue weighted by molar-refractivity contribution is -0.919. The minimum Gasteiger partial charge on any atom is -0.430 e. The van der Waals surface area contributed by atoms with Gasteiger partial charge in [-0.1, -0.05) is 25.7 Å². The van der Waals surface area contributed by atoms with Gasteiger partial charge in [0.25, 0.3) is 0 Å². The van der Waals surface area contributed by atoms with Crippen molar-refractivity contribution in [1.29, 1.82) is 0 Å². The van der Waals surface area contributed by atoms with Gasteiger partial charge in [0.1, 0.15) is 13.2 Å². The van der Waals surface area contributed by atoms with E-state index in [1.165, 1.54) is 51.4 Å². The van der Waals surface area contributed by atoms with Gasteiger partial charge in [-0.25, -0.2) is 4.79 Å². The standard InChI is InChI=1S/C17H30NO3/c1-18(2,11-16-12-20-17(19)21-16)15-9-7-14(8-10-15)13-5-3-4-6-13/h13-16H,3-12H2,1-2H3/q+1. The number of quaternary nitrogens is 1. The highest BCUT2D eigenvalue weighted by Gasteiger charge is 2.39. The third-order valence-corrected chi connectivity index (χ3v) is 6.12. The lowest BCUT2D eigenvalue weighted by atomic mass is 9.76. The van der Waals surface area contributed by atoms with Gasteiger partial charge in [0.2, 0.25) is 0 Å². The van der Waals surface area contributed by atoms with E-state index in [0.29, 0.717) is 12.6 Å². The first kappa shape index (κ1) is 15.1. The summed E-state index contributed by atoms with van der Waals surface area (Å²) in [7, 11) is 4.57. The molecule has 0 bridgehead atoms. The van der Waals surface area contributed by atoms with Gasteiger partial charge in [0.05, 0.1) is 20.1 Å². The predicted molar refractivity (Wildman–Crippen MR) is 80.9 cm³/mol. The van der Waals surface area contributed by atoms with Crippen LogP contribution in [0.25, 0.3) is 0 Å². The molecule has 0 aromatic heterocycles. The Hall–Kier alpha value is -0.770. The van der Waals surface area contributed by atoms with Crippen LogP contribution in [-0.4, -0.2) is 50.0 Å². The normalized spacial score (nSPS) is 34.8. The fourth-order valence-electron chi connectivity index (χ4n) is 4.83. The number of hydrogen-bond donors (Lipinski definition) is 0. The Kier molecular flexibility index (Phi) is 4.43. The Bertz CT molecular complexity index is 368. The van der Waals surface area contributed by atoms with Crippen LogP contribution in [0, 0.1) is 11.8 Å². The minimum atomic E-state index is -0.495. The molecule has 3 fully saturated rings. The molecule has 0 radical (unpaired) electrons. The molecule has 2 aliphatic carbocycles. The monoisotopic (exact) mass is 296 g/mol. The summed E-state index contributed by atoms with van der Waals surface area (Å²) in [6.07, 6.45) is 10.8. The van der Waals surface area contributed by atoms with Gasteiger partial charge in [-0.15, -0.1) is 0 Å². The summed E-state index contributed by atoms with van der Waals surface area (Å²) >= 11 is 0. The van der Waals surface area contributed by atoms with Crippen LogP contribution in [0.1, 0.15) is 51.4 Å². The van der Waals surface area contributed by atoms with E-state index < -0.39 is 6.16 Å². The summed E-state index contributed by atoms with van der Waals surface area (Å²) in [6.45, 7) is 1.31. The van der Waals surface area contributed by atoms with Crippen LogP contribution in [0.4, 0.5) is 4.79 Å². The fraction of sp³-hybridized carbons (Fsp3) is 0.941. The van der Waals surface area contributed by atoms with Crippen molar-refractivity contribution in [2.24, 2.45) is 11.8 Å². The van der Waals surface area contributed by atoms with E-state index >= 15 is 0 Å². The van der Waals surface area contributed by atoms with Crippen molar-refractivity contribution >= 4 is 6.16 Å². The van der Waals surface area contributed by atoms with Gasteiger partial charge < -0.3 is 14.0 Å². The van der Waals surface area contributed by atoms with Crippen LogP contribution in [0.3, 0.4) is 0 Å². The van der Waals surface area contributed by atoms with Crippen LogP contribution in [0.2, 0.25) is 0 Å². The molecule has 120 valence electrons. The topological polar surface area (TPSA) is 35.5 Å².